The van der Waals surface area contributed by atoms with Gasteiger partial charge in [0.2, 0.25) is 5.88 Å². The molecule has 0 unspecified atom stereocenters. The zero-order valence-electron chi connectivity index (χ0n) is 10.8. The van der Waals surface area contributed by atoms with Crippen LogP contribution in [0.4, 0.5) is 0 Å². The quantitative estimate of drug-likeness (QED) is 0.556. The zero-order chi connectivity index (χ0) is 13.5. The van der Waals surface area contributed by atoms with Gasteiger partial charge in [-0.25, -0.2) is 14.5 Å². The highest BCUT2D eigenvalue weighted by atomic mass is 16.4. The number of aromatic nitrogens is 3. The van der Waals surface area contributed by atoms with Crippen LogP contribution >= 0.6 is 0 Å². The molecule has 0 radical (unpaired) electrons. The van der Waals surface area contributed by atoms with Crippen LogP contribution in [0.3, 0.4) is 0 Å². The summed E-state index contributed by atoms with van der Waals surface area (Å²) in [5.74, 6) is 2.87. The number of rotatable bonds is 2. The first-order chi connectivity index (χ1) is 9.83. The predicted molar refractivity (Wildman–Crippen MR) is 73.6 cm³/mol. The van der Waals surface area contributed by atoms with Gasteiger partial charge in [0.1, 0.15) is 11.3 Å². The lowest BCUT2D eigenvalue weighted by atomic mass is 10.4. The Kier molecular flexibility index (Phi) is 2.26. The molecule has 0 saturated carbocycles. The summed E-state index contributed by atoms with van der Waals surface area (Å²) < 4.78 is 13.0. The molecule has 20 heavy (non-hydrogen) atoms. The fraction of sp³-hybridized carbons (Fsp3) is 0.0667. The van der Waals surface area contributed by atoms with Gasteiger partial charge in [0, 0.05) is 12.3 Å². The van der Waals surface area contributed by atoms with E-state index in [0.717, 1.165) is 16.9 Å². The molecule has 0 saturated heterocycles. The third kappa shape index (κ3) is 1.56. The summed E-state index contributed by atoms with van der Waals surface area (Å²) in [5.41, 5.74) is 1.54. The van der Waals surface area contributed by atoms with E-state index in [-0.39, 0.29) is 0 Å². The lowest BCUT2D eigenvalue weighted by Gasteiger charge is -2.02. The Morgan fingerprint density at radius 1 is 1.10 bits per heavy atom. The van der Waals surface area contributed by atoms with E-state index in [1.165, 1.54) is 0 Å². The van der Waals surface area contributed by atoms with E-state index < -0.39 is 0 Å². The van der Waals surface area contributed by atoms with Gasteiger partial charge in [-0.1, -0.05) is 0 Å². The second kappa shape index (κ2) is 4.09. The largest absolute Gasteiger partial charge is 0.458 e. The minimum absolute atomic E-state index is 0.662. The van der Waals surface area contributed by atoms with Crippen molar-refractivity contribution in [3.63, 3.8) is 0 Å². The van der Waals surface area contributed by atoms with Crippen LogP contribution in [0.2, 0.25) is 0 Å². The number of aryl methyl sites for hydroxylation is 1. The molecule has 4 aromatic rings. The van der Waals surface area contributed by atoms with Gasteiger partial charge < -0.3 is 8.83 Å². The summed E-state index contributed by atoms with van der Waals surface area (Å²) in [7, 11) is 0. The van der Waals surface area contributed by atoms with E-state index in [9.17, 15) is 0 Å². The van der Waals surface area contributed by atoms with Gasteiger partial charge in [-0.15, -0.1) is 0 Å². The van der Waals surface area contributed by atoms with Crippen molar-refractivity contribution >= 4 is 11.2 Å². The molecule has 0 bridgehead atoms. The average Bonchev–Trinajstić information content (AvgIpc) is 3.15. The summed E-state index contributed by atoms with van der Waals surface area (Å²) in [6, 6.07) is 11.3. The van der Waals surface area contributed by atoms with Crippen LogP contribution in [-0.4, -0.2) is 14.5 Å². The molecular formula is C15H11N3O2. The fourth-order valence-corrected chi connectivity index (χ4v) is 2.24. The number of hydrogen-bond donors (Lipinski definition) is 0. The second-order valence-corrected chi connectivity index (χ2v) is 4.48. The SMILES string of the molecule is Cc1ccc(-c2nc3cccnc3n2-c2ccco2)o1. The number of furan rings is 2. The highest BCUT2D eigenvalue weighted by Crippen LogP contribution is 2.28. The topological polar surface area (TPSA) is 57.0 Å². The summed E-state index contributed by atoms with van der Waals surface area (Å²) in [5, 5.41) is 0. The minimum atomic E-state index is 0.662. The maximum atomic E-state index is 5.69. The third-order valence-corrected chi connectivity index (χ3v) is 3.10. The van der Waals surface area contributed by atoms with Gasteiger partial charge >= 0.3 is 0 Å². The number of pyridine rings is 1. The average molecular weight is 265 g/mol. The van der Waals surface area contributed by atoms with Crippen molar-refractivity contribution in [2.24, 2.45) is 0 Å². The maximum Gasteiger partial charge on any atom is 0.206 e. The Labute approximate surface area is 114 Å². The lowest BCUT2D eigenvalue weighted by molar-refractivity contribution is 0.526. The number of hydrogen-bond acceptors (Lipinski definition) is 4. The van der Waals surface area contributed by atoms with Crippen LogP contribution in [0.15, 0.2) is 57.7 Å². The molecule has 0 aliphatic heterocycles. The van der Waals surface area contributed by atoms with Crippen molar-refractivity contribution < 1.29 is 8.83 Å². The molecule has 4 heterocycles. The molecular weight excluding hydrogens is 254 g/mol. The molecule has 5 nitrogen and oxygen atoms in total. The molecule has 5 heteroatoms. The molecule has 98 valence electrons. The van der Waals surface area contributed by atoms with Gasteiger partial charge in [-0.3, -0.25) is 0 Å². The number of imidazole rings is 1. The van der Waals surface area contributed by atoms with Crippen molar-refractivity contribution in [2.45, 2.75) is 6.92 Å². The maximum absolute atomic E-state index is 5.69. The van der Waals surface area contributed by atoms with Crippen molar-refractivity contribution in [3.05, 3.63) is 54.6 Å². The van der Waals surface area contributed by atoms with E-state index in [4.69, 9.17) is 8.83 Å². The van der Waals surface area contributed by atoms with E-state index in [2.05, 4.69) is 9.97 Å². The Hall–Kier alpha value is -2.82. The Morgan fingerprint density at radius 3 is 2.80 bits per heavy atom. The van der Waals surface area contributed by atoms with E-state index in [0.29, 0.717) is 17.5 Å². The smallest absolute Gasteiger partial charge is 0.206 e. The Morgan fingerprint density at radius 2 is 2.05 bits per heavy atom. The summed E-state index contributed by atoms with van der Waals surface area (Å²) in [4.78, 5) is 8.99. The van der Waals surface area contributed by atoms with E-state index in [1.54, 1.807) is 12.5 Å². The normalized spacial score (nSPS) is 11.2. The van der Waals surface area contributed by atoms with E-state index >= 15 is 0 Å². The molecule has 0 aliphatic rings. The van der Waals surface area contributed by atoms with Crippen molar-refractivity contribution in [3.8, 4) is 17.5 Å². The molecule has 0 amide bonds. The Bertz CT molecular complexity index is 872. The first-order valence-electron chi connectivity index (χ1n) is 6.27. The number of fused-ring (bicyclic) bond motifs is 1. The van der Waals surface area contributed by atoms with Gasteiger partial charge in [-0.2, -0.15) is 0 Å². The van der Waals surface area contributed by atoms with Crippen LogP contribution < -0.4 is 0 Å². The predicted octanol–water partition coefficient (Wildman–Crippen LogP) is 3.58. The molecule has 0 fully saturated rings. The molecule has 4 aromatic heterocycles. The van der Waals surface area contributed by atoms with Crippen molar-refractivity contribution in [2.75, 3.05) is 0 Å². The fourth-order valence-electron chi connectivity index (χ4n) is 2.24. The van der Waals surface area contributed by atoms with Gasteiger partial charge in [0.05, 0.1) is 6.26 Å². The van der Waals surface area contributed by atoms with Gasteiger partial charge in [-0.05, 0) is 37.3 Å². The highest BCUT2D eigenvalue weighted by Gasteiger charge is 2.18. The molecule has 0 spiro atoms. The second-order valence-electron chi connectivity index (χ2n) is 4.48. The van der Waals surface area contributed by atoms with Gasteiger partial charge in [0.25, 0.3) is 0 Å². The molecule has 0 aliphatic carbocycles. The van der Waals surface area contributed by atoms with Crippen LogP contribution in [0.5, 0.6) is 0 Å². The molecule has 0 atom stereocenters. The molecule has 0 N–H and O–H groups in total. The zero-order valence-corrected chi connectivity index (χ0v) is 10.8. The van der Waals surface area contributed by atoms with Crippen LogP contribution in [0.1, 0.15) is 5.76 Å². The van der Waals surface area contributed by atoms with Crippen LogP contribution in [-0.2, 0) is 0 Å². The first kappa shape index (κ1) is 11.0. The van der Waals surface area contributed by atoms with Crippen LogP contribution in [0, 0.1) is 6.92 Å². The lowest BCUT2D eigenvalue weighted by Crippen LogP contribution is -1.96. The first-order valence-corrected chi connectivity index (χ1v) is 6.27. The monoisotopic (exact) mass is 265 g/mol. The molecule has 0 aromatic carbocycles. The standard InChI is InChI=1S/C15H11N3O2/c1-10-6-7-12(20-10)15-17-11-4-2-8-16-14(11)18(15)13-5-3-9-19-13/h2-9H,1H3. The number of nitrogens with zero attached hydrogens (tertiary/aromatic N) is 3. The minimum Gasteiger partial charge on any atom is -0.458 e. The Balaban J connectivity index is 2.07. The molecule has 4 rings (SSSR count). The van der Waals surface area contributed by atoms with E-state index in [1.807, 2.05) is 47.9 Å². The van der Waals surface area contributed by atoms with Gasteiger partial charge in [0.15, 0.2) is 17.2 Å². The third-order valence-electron chi connectivity index (χ3n) is 3.10. The summed E-state index contributed by atoms with van der Waals surface area (Å²) in [6.07, 6.45) is 3.36. The summed E-state index contributed by atoms with van der Waals surface area (Å²) in [6.45, 7) is 1.90. The summed E-state index contributed by atoms with van der Waals surface area (Å²) >= 11 is 0. The van der Waals surface area contributed by atoms with Crippen molar-refractivity contribution in [1.29, 1.82) is 0 Å². The van der Waals surface area contributed by atoms with Crippen LogP contribution in [0.25, 0.3) is 28.6 Å². The van der Waals surface area contributed by atoms with Crippen molar-refractivity contribution in [1.82, 2.24) is 14.5 Å². The highest BCUT2D eigenvalue weighted by molar-refractivity contribution is 5.78.